The first-order valence-corrected chi connectivity index (χ1v) is 7.75. The molecule has 0 aliphatic heterocycles. The van der Waals surface area contributed by atoms with Gasteiger partial charge in [0.15, 0.2) is 11.6 Å². The van der Waals surface area contributed by atoms with Gasteiger partial charge >= 0.3 is 11.9 Å². The lowest BCUT2D eigenvalue weighted by atomic mass is 10.2. The fourth-order valence-electron chi connectivity index (χ4n) is 2.17. The maximum atomic E-state index is 14.2. The van der Waals surface area contributed by atoms with Crippen molar-refractivity contribution < 1.29 is 33.7 Å². The number of carbonyl (C=O) groups excluding carboxylic acids is 2. The number of phenols is 2. The van der Waals surface area contributed by atoms with Crippen LogP contribution >= 0.6 is 0 Å². The number of carbonyl (C=O) groups is 2. The molecule has 0 fully saturated rings. The fourth-order valence-corrected chi connectivity index (χ4v) is 2.17. The van der Waals surface area contributed by atoms with E-state index in [1.54, 1.807) is 0 Å². The highest BCUT2D eigenvalue weighted by Crippen LogP contribution is 2.31. The highest BCUT2D eigenvalue weighted by Gasteiger charge is 2.20. The second kappa shape index (κ2) is 7.57. The van der Waals surface area contributed by atoms with Gasteiger partial charge in [0, 0.05) is 0 Å². The molecule has 0 aliphatic rings. The third-order valence-electron chi connectivity index (χ3n) is 3.53. The number of hydrogen-bond donors (Lipinski definition) is 2. The molecule has 0 bridgehead atoms. The predicted octanol–water partition coefficient (Wildman–Crippen LogP) is 3.68. The van der Waals surface area contributed by atoms with Gasteiger partial charge in [-0.25, -0.2) is 14.0 Å². The van der Waals surface area contributed by atoms with Gasteiger partial charge in [0.05, 0.1) is 11.1 Å². The van der Waals surface area contributed by atoms with Crippen LogP contribution in [0.25, 0.3) is 0 Å². The second-order valence-corrected chi connectivity index (χ2v) is 5.44. The Kier molecular flexibility index (Phi) is 5.03. The first-order valence-electron chi connectivity index (χ1n) is 7.75. The van der Waals surface area contributed by atoms with Gasteiger partial charge in [0.25, 0.3) is 0 Å². The Bertz CT molecular complexity index is 980. The first-order chi connectivity index (χ1) is 12.9. The van der Waals surface area contributed by atoms with Crippen molar-refractivity contribution in [3.63, 3.8) is 0 Å². The van der Waals surface area contributed by atoms with E-state index >= 15 is 0 Å². The molecule has 0 heterocycles. The maximum Gasteiger partial charge on any atom is 0.343 e. The molecule has 2 N–H and O–H groups in total. The number of phenolic OH excluding ortho intramolecular Hbond substituents is 2. The van der Waals surface area contributed by atoms with Crippen LogP contribution in [-0.2, 0) is 0 Å². The number of hydrogen-bond acceptors (Lipinski definition) is 6. The van der Waals surface area contributed by atoms with E-state index < -0.39 is 23.5 Å². The molecule has 0 saturated heterocycles. The lowest BCUT2D eigenvalue weighted by Gasteiger charge is -2.11. The first kappa shape index (κ1) is 17.9. The molecule has 3 aromatic rings. The molecule has 0 aromatic heterocycles. The van der Waals surface area contributed by atoms with Crippen LogP contribution in [0.4, 0.5) is 4.39 Å². The van der Waals surface area contributed by atoms with Crippen LogP contribution in [0.5, 0.6) is 23.0 Å². The third-order valence-corrected chi connectivity index (χ3v) is 3.53. The van der Waals surface area contributed by atoms with Gasteiger partial charge in [-0.3, -0.25) is 0 Å². The van der Waals surface area contributed by atoms with Crippen LogP contribution in [0.2, 0.25) is 0 Å². The number of para-hydroxylation sites is 1. The van der Waals surface area contributed by atoms with Crippen molar-refractivity contribution in [1.29, 1.82) is 0 Å². The van der Waals surface area contributed by atoms with E-state index in [-0.39, 0.29) is 28.4 Å². The number of benzene rings is 3. The summed E-state index contributed by atoms with van der Waals surface area (Å²) in [4.78, 5) is 24.4. The minimum Gasteiger partial charge on any atom is -0.508 e. The van der Waals surface area contributed by atoms with E-state index in [1.165, 1.54) is 60.7 Å². The molecule has 0 saturated carbocycles. The summed E-state index contributed by atoms with van der Waals surface area (Å²) >= 11 is 0. The van der Waals surface area contributed by atoms with E-state index in [2.05, 4.69) is 0 Å². The Morgan fingerprint density at radius 2 is 1.19 bits per heavy atom. The SMILES string of the molecule is O=C(Oc1cccc(F)c1OC(=O)c1ccc(O)cc1)c1ccc(O)cc1. The Morgan fingerprint density at radius 3 is 1.70 bits per heavy atom. The van der Waals surface area contributed by atoms with Gasteiger partial charge in [-0.15, -0.1) is 0 Å². The quantitative estimate of drug-likeness (QED) is 0.539. The molecule has 7 heteroatoms. The zero-order valence-corrected chi connectivity index (χ0v) is 13.8. The molecule has 0 unspecified atom stereocenters. The molecule has 0 amide bonds. The fraction of sp³-hybridized carbons (Fsp3) is 0. The zero-order chi connectivity index (χ0) is 19.4. The molecule has 0 radical (unpaired) electrons. The molecule has 3 aromatic carbocycles. The molecular weight excluding hydrogens is 355 g/mol. The van der Waals surface area contributed by atoms with Crippen molar-refractivity contribution in [1.82, 2.24) is 0 Å². The minimum absolute atomic E-state index is 0.0270. The topological polar surface area (TPSA) is 93.1 Å². The highest BCUT2D eigenvalue weighted by atomic mass is 19.1. The van der Waals surface area contributed by atoms with Crippen molar-refractivity contribution in [2.24, 2.45) is 0 Å². The summed E-state index contributed by atoms with van der Waals surface area (Å²) in [6, 6.07) is 14.1. The van der Waals surface area contributed by atoms with Gasteiger partial charge in [-0.2, -0.15) is 0 Å². The summed E-state index contributed by atoms with van der Waals surface area (Å²) in [5.41, 5.74) is 0.194. The summed E-state index contributed by atoms with van der Waals surface area (Å²) in [6.45, 7) is 0. The Hall–Kier alpha value is -3.87. The van der Waals surface area contributed by atoms with E-state index in [4.69, 9.17) is 9.47 Å². The van der Waals surface area contributed by atoms with E-state index in [9.17, 15) is 24.2 Å². The van der Waals surface area contributed by atoms with Crippen LogP contribution < -0.4 is 9.47 Å². The summed E-state index contributed by atoms with van der Waals surface area (Å²) in [7, 11) is 0. The van der Waals surface area contributed by atoms with Gasteiger partial charge in [0.2, 0.25) is 5.75 Å². The van der Waals surface area contributed by atoms with Crippen LogP contribution in [0.3, 0.4) is 0 Å². The average Bonchev–Trinajstić information content (AvgIpc) is 2.65. The Balaban J connectivity index is 1.83. The number of ether oxygens (including phenoxy) is 2. The van der Waals surface area contributed by atoms with Gasteiger partial charge in [0.1, 0.15) is 11.5 Å². The normalized spacial score (nSPS) is 10.3. The lowest BCUT2D eigenvalue weighted by molar-refractivity contribution is 0.0676. The molecule has 27 heavy (non-hydrogen) atoms. The lowest BCUT2D eigenvalue weighted by Crippen LogP contribution is -2.13. The van der Waals surface area contributed by atoms with Crippen LogP contribution in [-0.4, -0.2) is 22.2 Å². The van der Waals surface area contributed by atoms with E-state index in [1.807, 2.05) is 0 Å². The van der Waals surface area contributed by atoms with Gasteiger partial charge in [-0.1, -0.05) is 6.07 Å². The van der Waals surface area contributed by atoms with Crippen molar-refractivity contribution in [2.45, 2.75) is 0 Å². The maximum absolute atomic E-state index is 14.2. The van der Waals surface area contributed by atoms with Crippen molar-refractivity contribution >= 4 is 11.9 Å². The summed E-state index contributed by atoms with van der Waals surface area (Å²) in [5, 5.41) is 18.5. The van der Waals surface area contributed by atoms with Crippen LogP contribution in [0.1, 0.15) is 20.7 Å². The number of halogens is 1. The molecule has 6 nitrogen and oxygen atoms in total. The summed E-state index contributed by atoms with van der Waals surface area (Å²) < 4.78 is 24.3. The average molecular weight is 368 g/mol. The van der Waals surface area contributed by atoms with Crippen LogP contribution in [0, 0.1) is 5.82 Å². The molecular formula is C20H13FO6. The highest BCUT2D eigenvalue weighted by molar-refractivity contribution is 5.93. The predicted molar refractivity (Wildman–Crippen MR) is 92.5 cm³/mol. The Labute approximate surface area is 153 Å². The van der Waals surface area contributed by atoms with Crippen molar-refractivity contribution in [3.8, 4) is 23.0 Å². The van der Waals surface area contributed by atoms with Gasteiger partial charge < -0.3 is 19.7 Å². The largest absolute Gasteiger partial charge is 0.508 e. The number of aromatic hydroxyl groups is 2. The van der Waals surface area contributed by atoms with Crippen molar-refractivity contribution in [2.75, 3.05) is 0 Å². The molecule has 0 aliphatic carbocycles. The van der Waals surface area contributed by atoms with Gasteiger partial charge in [-0.05, 0) is 60.7 Å². The Morgan fingerprint density at radius 1 is 0.704 bits per heavy atom. The number of rotatable bonds is 4. The van der Waals surface area contributed by atoms with Crippen LogP contribution in [0.15, 0.2) is 66.7 Å². The monoisotopic (exact) mass is 368 g/mol. The standard InChI is InChI=1S/C20H13FO6/c21-16-2-1-3-17(26-19(24)12-4-8-14(22)9-5-12)18(16)27-20(25)13-6-10-15(23)11-7-13/h1-11,22-23H. The molecule has 0 atom stereocenters. The minimum atomic E-state index is -0.891. The smallest absolute Gasteiger partial charge is 0.343 e. The van der Waals surface area contributed by atoms with Crippen molar-refractivity contribution in [3.05, 3.63) is 83.7 Å². The summed E-state index contributed by atoms with van der Waals surface area (Å²) in [6.07, 6.45) is 0. The third kappa shape index (κ3) is 4.21. The zero-order valence-electron chi connectivity index (χ0n) is 13.8. The van der Waals surface area contributed by atoms with E-state index in [0.29, 0.717) is 0 Å². The molecule has 3 rings (SSSR count). The summed E-state index contributed by atoms with van der Waals surface area (Å²) in [5.74, 6) is -3.48. The molecule has 136 valence electrons. The second-order valence-electron chi connectivity index (χ2n) is 5.44. The van der Waals surface area contributed by atoms with E-state index in [0.717, 1.165) is 6.07 Å². The molecule has 0 spiro atoms. The number of esters is 2.